The molecule has 0 fully saturated rings. The maximum absolute atomic E-state index is 5.25. The highest BCUT2D eigenvalue weighted by Gasteiger charge is 2.08. The fourth-order valence-corrected chi connectivity index (χ4v) is 1.83. The number of aryl methyl sites for hydroxylation is 1. The van der Waals surface area contributed by atoms with E-state index in [2.05, 4.69) is 25.6 Å². The maximum atomic E-state index is 5.25. The van der Waals surface area contributed by atoms with E-state index in [0.29, 0.717) is 10.8 Å². The van der Waals surface area contributed by atoms with Gasteiger partial charge in [0.05, 0.1) is 12.4 Å². The molecule has 0 aromatic carbocycles. The van der Waals surface area contributed by atoms with Crippen LogP contribution in [0, 0.1) is 6.92 Å². The Labute approximate surface area is 96.5 Å². The van der Waals surface area contributed by atoms with Crippen LogP contribution in [0.4, 0.5) is 5.82 Å². The fraction of sp³-hybridized carbons (Fsp3) is 0.250. The Morgan fingerprint density at radius 2 is 2.19 bits per heavy atom. The van der Waals surface area contributed by atoms with Gasteiger partial charge in [-0.25, -0.2) is 10.8 Å². The third-order valence-electron chi connectivity index (χ3n) is 2.01. The number of nitrogens with two attached hydrogens (primary N) is 1. The summed E-state index contributed by atoms with van der Waals surface area (Å²) in [6, 6.07) is 0. The van der Waals surface area contributed by atoms with Gasteiger partial charge in [0.25, 0.3) is 0 Å². The van der Waals surface area contributed by atoms with E-state index in [1.54, 1.807) is 12.4 Å². The molecule has 2 heterocycles. The number of anilines is 1. The molecule has 0 spiro atoms. The van der Waals surface area contributed by atoms with E-state index in [9.17, 15) is 0 Å². The van der Waals surface area contributed by atoms with Gasteiger partial charge < -0.3 is 9.99 Å². The highest BCUT2D eigenvalue weighted by atomic mass is 32.2. The lowest BCUT2D eigenvalue weighted by molar-refractivity contribution is 0.764. The minimum absolute atomic E-state index is 0.517. The normalized spacial score (nSPS) is 10.4. The average Bonchev–Trinajstić information content (AvgIpc) is 2.61. The summed E-state index contributed by atoms with van der Waals surface area (Å²) >= 11 is 1.38. The van der Waals surface area contributed by atoms with Gasteiger partial charge in [-0.1, -0.05) is 0 Å². The summed E-state index contributed by atoms with van der Waals surface area (Å²) in [6.07, 6.45) is 3.20. The summed E-state index contributed by atoms with van der Waals surface area (Å²) in [5, 5.41) is 9.46. The van der Waals surface area contributed by atoms with Gasteiger partial charge in [-0.2, -0.15) is 0 Å². The second-order valence-corrected chi connectivity index (χ2v) is 4.07. The van der Waals surface area contributed by atoms with Crippen molar-refractivity contribution < 1.29 is 0 Å². The minimum atomic E-state index is 0.517. The molecule has 0 saturated carbocycles. The molecule has 0 saturated heterocycles. The first kappa shape index (κ1) is 10.8. The van der Waals surface area contributed by atoms with Crippen molar-refractivity contribution in [1.82, 2.24) is 24.7 Å². The van der Waals surface area contributed by atoms with Gasteiger partial charge in [0, 0.05) is 7.05 Å². The number of aromatic nitrogens is 5. The van der Waals surface area contributed by atoms with Crippen molar-refractivity contribution in [3.8, 4) is 0 Å². The number of nitrogen functional groups attached to an aromatic ring is 1. The Morgan fingerprint density at radius 3 is 2.81 bits per heavy atom. The second kappa shape index (κ2) is 4.45. The Hall–Kier alpha value is -1.67. The molecule has 8 heteroatoms. The standard InChI is InChI=1S/C8H11N7S/c1-5-13-14-8(15(5)2)16-7-4-10-3-6(11-7)12-9/h3-4H,9H2,1-2H3,(H,11,12). The number of nitrogens with one attached hydrogen (secondary N) is 1. The molecule has 3 N–H and O–H groups in total. The average molecular weight is 237 g/mol. The van der Waals surface area contributed by atoms with Gasteiger partial charge in [-0.15, -0.1) is 10.2 Å². The van der Waals surface area contributed by atoms with E-state index in [-0.39, 0.29) is 0 Å². The first-order valence-corrected chi connectivity index (χ1v) is 5.35. The van der Waals surface area contributed by atoms with Crippen molar-refractivity contribution in [3.63, 3.8) is 0 Å². The van der Waals surface area contributed by atoms with Crippen LogP contribution in [0.3, 0.4) is 0 Å². The van der Waals surface area contributed by atoms with Crippen LogP contribution in [0.5, 0.6) is 0 Å². The molecule has 0 aliphatic heterocycles. The van der Waals surface area contributed by atoms with Gasteiger partial charge in [-0.05, 0) is 18.7 Å². The minimum Gasteiger partial charge on any atom is -0.309 e. The molecule has 2 aromatic rings. The molecule has 7 nitrogen and oxygen atoms in total. The molecule has 0 unspecified atom stereocenters. The topological polar surface area (TPSA) is 94.5 Å². The zero-order chi connectivity index (χ0) is 11.5. The molecule has 0 aliphatic rings. The number of nitrogens with zero attached hydrogens (tertiary/aromatic N) is 5. The first-order valence-electron chi connectivity index (χ1n) is 4.53. The highest BCUT2D eigenvalue weighted by molar-refractivity contribution is 7.99. The molecule has 84 valence electrons. The number of hydrogen-bond donors (Lipinski definition) is 2. The van der Waals surface area contributed by atoms with Crippen molar-refractivity contribution in [3.05, 3.63) is 18.2 Å². The summed E-state index contributed by atoms with van der Waals surface area (Å²) < 4.78 is 1.88. The van der Waals surface area contributed by atoms with Crippen molar-refractivity contribution in [2.75, 3.05) is 5.43 Å². The molecule has 2 aromatic heterocycles. The van der Waals surface area contributed by atoms with E-state index >= 15 is 0 Å². The smallest absolute Gasteiger partial charge is 0.197 e. The van der Waals surface area contributed by atoms with Crippen molar-refractivity contribution in [2.45, 2.75) is 17.1 Å². The lowest BCUT2D eigenvalue weighted by Gasteiger charge is -2.02. The lowest BCUT2D eigenvalue weighted by atomic mass is 10.7. The quantitative estimate of drug-likeness (QED) is 0.587. The monoisotopic (exact) mass is 237 g/mol. The molecule has 0 atom stereocenters. The zero-order valence-electron chi connectivity index (χ0n) is 8.88. The summed E-state index contributed by atoms with van der Waals surface area (Å²) in [5.41, 5.74) is 2.44. The molecular weight excluding hydrogens is 226 g/mol. The third-order valence-corrected chi connectivity index (χ3v) is 2.95. The van der Waals surface area contributed by atoms with E-state index in [0.717, 1.165) is 11.0 Å². The van der Waals surface area contributed by atoms with Gasteiger partial charge in [0.2, 0.25) is 0 Å². The number of rotatable bonds is 3. The summed E-state index contributed by atoms with van der Waals surface area (Å²) in [5.74, 6) is 6.62. The Kier molecular flexibility index (Phi) is 3.02. The molecule has 0 aliphatic carbocycles. The van der Waals surface area contributed by atoms with Crippen LogP contribution >= 0.6 is 11.8 Å². The lowest BCUT2D eigenvalue weighted by Crippen LogP contribution is -2.09. The molecule has 16 heavy (non-hydrogen) atoms. The van der Waals surface area contributed by atoms with Gasteiger partial charge >= 0.3 is 0 Å². The van der Waals surface area contributed by atoms with Crippen molar-refractivity contribution in [1.29, 1.82) is 0 Å². The van der Waals surface area contributed by atoms with Crippen LogP contribution in [0.25, 0.3) is 0 Å². The van der Waals surface area contributed by atoms with Crippen LogP contribution in [0.2, 0.25) is 0 Å². The molecule has 0 radical (unpaired) electrons. The summed E-state index contributed by atoms with van der Waals surface area (Å²) in [7, 11) is 1.90. The Morgan fingerprint density at radius 1 is 1.38 bits per heavy atom. The van der Waals surface area contributed by atoms with E-state index in [1.165, 1.54) is 11.8 Å². The van der Waals surface area contributed by atoms with Crippen LogP contribution in [-0.4, -0.2) is 24.7 Å². The molecular formula is C8H11N7S. The van der Waals surface area contributed by atoms with Crippen molar-refractivity contribution >= 4 is 17.6 Å². The maximum Gasteiger partial charge on any atom is 0.197 e. The van der Waals surface area contributed by atoms with E-state index < -0.39 is 0 Å². The van der Waals surface area contributed by atoms with E-state index in [1.807, 2.05) is 18.5 Å². The van der Waals surface area contributed by atoms with Gasteiger partial charge in [0.15, 0.2) is 11.0 Å². The van der Waals surface area contributed by atoms with Crippen LogP contribution in [-0.2, 0) is 7.05 Å². The summed E-state index contributed by atoms with van der Waals surface area (Å²) in [4.78, 5) is 8.22. The van der Waals surface area contributed by atoms with Crippen molar-refractivity contribution in [2.24, 2.45) is 12.9 Å². The summed E-state index contributed by atoms with van der Waals surface area (Å²) in [6.45, 7) is 1.89. The highest BCUT2D eigenvalue weighted by Crippen LogP contribution is 2.23. The van der Waals surface area contributed by atoms with Gasteiger partial charge in [-0.3, -0.25) is 4.98 Å². The third kappa shape index (κ3) is 2.12. The van der Waals surface area contributed by atoms with Gasteiger partial charge in [0.1, 0.15) is 10.9 Å². The van der Waals surface area contributed by atoms with E-state index in [4.69, 9.17) is 5.84 Å². The SMILES string of the molecule is Cc1nnc(Sc2cncc(NN)n2)n1C. The predicted molar refractivity (Wildman–Crippen MR) is 59.7 cm³/mol. The predicted octanol–water partition coefficient (Wildman–Crippen LogP) is 0.350. The molecule has 0 bridgehead atoms. The van der Waals surface area contributed by atoms with Crippen LogP contribution in [0.15, 0.2) is 22.6 Å². The fourth-order valence-electron chi connectivity index (χ4n) is 1.04. The second-order valence-electron chi connectivity index (χ2n) is 3.08. The molecule has 0 amide bonds. The largest absolute Gasteiger partial charge is 0.309 e. The van der Waals surface area contributed by atoms with Crippen LogP contribution in [0.1, 0.15) is 5.82 Å². The Bertz CT molecular complexity index is 495. The zero-order valence-corrected chi connectivity index (χ0v) is 9.69. The van der Waals surface area contributed by atoms with Crippen LogP contribution < -0.4 is 11.3 Å². The first-order chi connectivity index (χ1) is 7.70. The number of hydrazine groups is 1. The number of hydrogen-bond acceptors (Lipinski definition) is 7. The Balaban J connectivity index is 2.23. The molecule has 2 rings (SSSR count).